The standard InChI is InChI=1S/C16H28BrNO3S2/c1-4-5-6-7-13(10-12(2)3)14(11-19)18-23(20,21)16-9-8-15(17)22-16/h8-9,12-14,18-19H,4-7,10-11H2,1-3H3. The summed E-state index contributed by atoms with van der Waals surface area (Å²) in [6, 6.07) is 2.88. The van der Waals surface area contributed by atoms with Crippen LogP contribution in [0.5, 0.6) is 0 Å². The van der Waals surface area contributed by atoms with Crippen LogP contribution in [0.15, 0.2) is 20.1 Å². The summed E-state index contributed by atoms with van der Waals surface area (Å²) in [7, 11) is -3.58. The molecule has 0 saturated carbocycles. The fourth-order valence-electron chi connectivity index (χ4n) is 2.73. The van der Waals surface area contributed by atoms with Crippen molar-refractivity contribution < 1.29 is 13.5 Å². The van der Waals surface area contributed by atoms with Gasteiger partial charge in [0.05, 0.1) is 10.4 Å². The molecule has 0 radical (unpaired) electrons. The zero-order valence-corrected chi connectivity index (χ0v) is 17.3. The molecule has 0 aliphatic heterocycles. The van der Waals surface area contributed by atoms with Crippen LogP contribution in [0.1, 0.15) is 52.9 Å². The molecule has 0 aliphatic carbocycles. The highest BCUT2D eigenvalue weighted by Crippen LogP contribution is 2.28. The van der Waals surface area contributed by atoms with Gasteiger partial charge in [0.15, 0.2) is 0 Å². The lowest BCUT2D eigenvalue weighted by Crippen LogP contribution is -2.43. The van der Waals surface area contributed by atoms with Gasteiger partial charge in [-0.3, -0.25) is 0 Å². The Morgan fingerprint density at radius 3 is 2.48 bits per heavy atom. The third-order valence-corrected chi connectivity index (χ3v) is 7.44. The highest BCUT2D eigenvalue weighted by molar-refractivity contribution is 9.11. The molecule has 2 N–H and O–H groups in total. The Morgan fingerprint density at radius 1 is 1.30 bits per heavy atom. The van der Waals surface area contributed by atoms with Crippen molar-refractivity contribution in [3.63, 3.8) is 0 Å². The Labute approximate surface area is 152 Å². The number of thiophene rings is 1. The number of unbranched alkanes of at least 4 members (excludes halogenated alkanes) is 2. The van der Waals surface area contributed by atoms with Crippen LogP contribution in [-0.4, -0.2) is 26.2 Å². The highest BCUT2D eigenvalue weighted by Gasteiger charge is 2.27. The van der Waals surface area contributed by atoms with Crippen LogP contribution in [0.2, 0.25) is 0 Å². The van der Waals surface area contributed by atoms with Gasteiger partial charge in [-0.2, -0.15) is 0 Å². The molecule has 0 amide bonds. The van der Waals surface area contributed by atoms with Crippen molar-refractivity contribution in [2.75, 3.05) is 6.61 Å². The lowest BCUT2D eigenvalue weighted by Gasteiger charge is -2.27. The van der Waals surface area contributed by atoms with E-state index < -0.39 is 16.1 Å². The second-order valence-electron chi connectivity index (χ2n) is 6.35. The average Bonchev–Trinajstić information content (AvgIpc) is 2.91. The molecule has 23 heavy (non-hydrogen) atoms. The molecule has 1 aromatic rings. The molecule has 0 aromatic carbocycles. The lowest BCUT2D eigenvalue weighted by molar-refractivity contribution is 0.191. The molecule has 0 saturated heterocycles. The topological polar surface area (TPSA) is 66.4 Å². The first-order valence-corrected chi connectivity index (χ1v) is 11.3. The van der Waals surface area contributed by atoms with E-state index in [1.165, 1.54) is 11.3 Å². The van der Waals surface area contributed by atoms with Crippen LogP contribution in [0.25, 0.3) is 0 Å². The number of rotatable bonds is 11. The van der Waals surface area contributed by atoms with Gasteiger partial charge in [-0.05, 0) is 52.7 Å². The summed E-state index contributed by atoms with van der Waals surface area (Å²) in [4.78, 5) is 0. The van der Waals surface area contributed by atoms with E-state index in [1.54, 1.807) is 12.1 Å². The van der Waals surface area contributed by atoms with Gasteiger partial charge in [0.1, 0.15) is 4.21 Å². The molecule has 2 atom stereocenters. The van der Waals surface area contributed by atoms with Crippen LogP contribution in [-0.2, 0) is 10.0 Å². The molecule has 134 valence electrons. The van der Waals surface area contributed by atoms with Crippen LogP contribution >= 0.6 is 27.3 Å². The number of hydrogen-bond acceptors (Lipinski definition) is 4. The Bertz CT molecular complexity index is 557. The fraction of sp³-hybridized carbons (Fsp3) is 0.750. The molecule has 1 aromatic heterocycles. The summed E-state index contributed by atoms with van der Waals surface area (Å²) in [6.07, 6.45) is 5.18. The van der Waals surface area contributed by atoms with E-state index in [0.717, 1.165) is 35.9 Å². The maximum atomic E-state index is 12.5. The largest absolute Gasteiger partial charge is 0.395 e. The summed E-state index contributed by atoms with van der Waals surface area (Å²) in [6.45, 7) is 6.24. The molecule has 7 heteroatoms. The monoisotopic (exact) mass is 425 g/mol. The molecule has 0 bridgehead atoms. The van der Waals surface area contributed by atoms with Crippen LogP contribution < -0.4 is 4.72 Å². The Kier molecular flexibility index (Phi) is 9.29. The van der Waals surface area contributed by atoms with Crippen molar-refractivity contribution in [3.8, 4) is 0 Å². The first-order chi connectivity index (χ1) is 10.8. The third-order valence-electron chi connectivity index (χ3n) is 3.84. The zero-order chi connectivity index (χ0) is 17.5. The molecular weight excluding hydrogens is 398 g/mol. The molecule has 1 heterocycles. The van der Waals surface area contributed by atoms with Crippen molar-refractivity contribution in [1.29, 1.82) is 0 Å². The second kappa shape index (κ2) is 10.1. The van der Waals surface area contributed by atoms with Gasteiger partial charge in [0.25, 0.3) is 0 Å². The number of aliphatic hydroxyl groups excluding tert-OH is 1. The SMILES string of the molecule is CCCCCC(CC(C)C)C(CO)NS(=O)(=O)c1ccc(Br)s1. The number of nitrogens with one attached hydrogen (secondary N) is 1. The minimum absolute atomic E-state index is 0.157. The van der Waals surface area contributed by atoms with Crippen molar-refractivity contribution in [3.05, 3.63) is 15.9 Å². The van der Waals surface area contributed by atoms with Gasteiger partial charge < -0.3 is 5.11 Å². The maximum Gasteiger partial charge on any atom is 0.250 e. The molecule has 0 aliphatic rings. The summed E-state index contributed by atoms with van der Waals surface area (Å²) in [5.41, 5.74) is 0. The van der Waals surface area contributed by atoms with Gasteiger partial charge >= 0.3 is 0 Å². The lowest BCUT2D eigenvalue weighted by atomic mass is 9.87. The number of hydrogen-bond donors (Lipinski definition) is 2. The number of sulfonamides is 1. The van der Waals surface area contributed by atoms with Gasteiger partial charge in [-0.15, -0.1) is 11.3 Å². The summed E-state index contributed by atoms with van der Waals surface area (Å²) in [5, 5.41) is 9.75. The van der Waals surface area contributed by atoms with Gasteiger partial charge in [0, 0.05) is 6.04 Å². The smallest absolute Gasteiger partial charge is 0.250 e. The van der Waals surface area contributed by atoms with Crippen molar-refractivity contribution in [2.45, 2.75) is 63.1 Å². The van der Waals surface area contributed by atoms with Crippen LogP contribution in [0.3, 0.4) is 0 Å². The Morgan fingerprint density at radius 2 is 2.00 bits per heavy atom. The molecule has 1 rings (SSSR count). The van der Waals surface area contributed by atoms with E-state index in [9.17, 15) is 13.5 Å². The van der Waals surface area contributed by atoms with Crippen molar-refractivity contribution >= 4 is 37.3 Å². The zero-order valence-electron chi connectivity index (χ0n) is 14.1. The normalized spacial score (nSPS) is 15.0. The minimum Gasteiger partial charge on any atom is -0.395 e. The van der Waals surface area contributed by atoms with Crippen LogP contribution in [0, 0.1) is 11.8 Å². The quantitative estimate of drug-likeness (QED) is 0.516. The molecule has 0 fully saturated rings. The van der Waals surface area contributed by atoms with E-state index >= 15 is 0 Å². The predicted molar refractivity (Wildman–Crippen MR) is 100 cm³/mol. The van der Waals surface area contributed by atoms with Gasteiger partial charge in [-0.25, -0.2) is 13.1 Å². The summed E-state index contributed by atoms with van der Waals surface area (Å²) in [5.74, 6) is 0.626. The second-order valence-corrected chi connectivity index (χ2v) is 10.8. The average molecular weight is 426 g/mol. The Balaban J connectivity index is 2.84. The highest BCUT2D eigenvalue weighted by atomic mass is 79.9. The van der Waals surface area contributed by atoms with Gasteiger partial charge in [0.2, 0.25) is 10.0 Å². The van der Waals surface area contributed by atoms with E-state index in [-0.39, 0.29) is 16.7 Å². The number of aliphatic hydroxyl groups is 1. The minimum atomic E-state index is -3.58. The summed E-state index contributed by atoms with van der Waals surface area (Å²) >= 11 is 4.47. The van der Waals surface area contributed by atoms with Crippen LogP contribution in [0.4, 0.5) is 0 Å². The Hall–Kier alpha value is 0.0500. The maximum absolute atomic E-state index is 12.5. The predicted octanol–water partition coefficient (Wildman–Crippen LogP) is 4.39. The summed E-state index contributed by atoms with van der Waals surface area (Å²) < 4.78 is 28.8. The first-order valence-electron chi connectivity index (χ1n) is 8.18. The number of halogens is 1. The molecule has 4 nitrogen and oxygen atoms in total. The molecule has 2 unspecified atom stereocenters. The first kappa shape index (κ1) is 21.1. The van der Waals surface area contributed by atoms with Crippen molar-refractivity contribution in [2.24, 2.45) is 11.8 Å². The van der Waals surface area contributed by atoms with E-state index in [2.05, 4.69) is 41.4 Å². The fourth-order valence-corrected chi connectivity index (χ4v) is 6.05. The van der Waals surface area contributed by atoms with Gasteiger partial charge in [-0.1, -0.05) is 40.0 Å². The van der Waals surface area contributed by atoms with Crippen molar-refractivity contribution in [1.82, 2.24) is 4.72 Å². The van der Waals surface area contributed by atoms with E-state index in [0.29, 0.717) is 5.92 Å². The molecular formula is C16H28BrNO3S2. The third kappa shape index (κ3) is 7.22. The van der Waals surface area contributed by atoms with E-state index in [1.807, 2.05) is 0 Å². The van der Waals surface area contributed by atoms with E-state index in [4.69, 9.17) is 0 Å². The molecule has 0 spiro atoms.